The van der Waals surface area contributed by atoms with Gasteiger partial charge in [-0.25, -0.2) is 13.2 Å². The van der Waals surface area contributed by atoms with Crippen molar-refractivity contribution in [3.8, 4) is 0 Å². The molecule has 2 aromatic carbocycles. The number of hydrogen-bond acceptors (Lipinski definition) is 6. The average Bonchev–Trinajstić information content (AvgIpc) is 3.12. The number of rotatable bonds is 8. The molecule has 1 aliphatic heterocycles. The number of ether oxygens (including phenoxy) is 1. The minimum Gasteiger partial charge on any atom is -0.462 e. The van der Waals surface area contributed by atoms with Gasteiger partial charge in [-0.15, -0.1) is 0 Å². The SMILES string of the molecule is CCOC(=O)c1cccc(NC(=O)CCS(=O)(=O)c2ccc3c(c2)CC(C)N3C(=O)CC)c1. The van der Waals surface area contributed by atoms with E-state index in [2.05, 4.69) is 5.32 Å². The molecular weight excluding hydrogens is 444 g/mol. The fourth-order valence-corrected chi connectivity index (χ4v) is 5.15. The molecule has 3 rings (SSSR count). The molecule has 1 atom stereocenters. The van der Waals surface area contributed by atoms with Gasteiger partial charge in [0.25, 0.3) is 0 Å². The molecule has 8 nitrogen and oxygen atoms in total. The van der Waals surface area contributed by atoms with Crippen molar-refractivity contribution in [2.75, 3.05) is 22.6 Å². The Bertz CT molecular complexity index is 1180. The van der Waals surface area contributed by atoms with Gasteiger partial charge in [-0.1, -0.05) is 13.0 Å². The zero-order valence-electron chi connectivity index (χ0n) is 19.0. The fraction of sp³-hybridized carbons (Fsp3) is 0.375. The molecule has 2 aromatic rings. The highest BCUT2D eigenvalue weighted by atomic mass is 32.2. The van der Waals surface area contributed by atoms with Gasteiger partial charge in [-0.05, 0) is 62.2 Å². The standard InChI is InChI=1S/C24H28N2O6S/c1-4-23(28)26-16(3)13-18-15-20(9-10-21(18)26)33(30,31)12-11-22(27)25-19-8-6-7-17(14-19)24(29)32-5-2/h6-10,14-16H,4-5,11-13H2,1-3H3,(H,25,27). The number of fused-ring (bicyclic) bond motifs is 1. The minimum absolute atomic E-state index is 0.000513. The van der Waals surface area contributed by atoms with Crippen LogP contribution in [-0.4, -0.2) is 44.6 Å². The van der Waals surface area contributed by atoms with Crippen molar-refractivity contribution in [1.29, 1.82) is 0 Å². The lowest BCUT2D eigenvalue weighted by Crippen LogP contribution is -2.35. The Morgan fingerprint density at radius 2 is 1.88 bits per heavy atom. The summed E-state index contributed by atoms with van der Waals surface area (Å²) in [4.78, 5) is 38.3. The monoisotopic (exact) mass is 472 g/mol. The molecule has 0 saturated heterocycles. The van der Waals surface area contributed by atoms with E-state index in [4.69, 9.17) is 4.74 Å². The lowest BCUT2D eigenvalue weighted by atomic mass is 10.1. The first kappa shape index (κ1) is 24.4. The summed E-state index contributed by atoms with van der Waals surface area (Å²) in [6, 6.07) is 11.0. The van der Waals surface area contributed by atoms with Crippen molar-refractivity contribution >= 4 is 39.0 Å². The van der Waals surface area contributed by atoms with Crippen molar-refractivity contribution in [2.45, 2.75) is 51.0 Å². The molecule has 2 amide bonds. The molecule has 1 unspecified atom stereocenters. The van der Waals surface area contributed by atoms with Crippen LogP contribution in [0.4, 0.5) is 11.4 Å². The molecule has 0 bridgehead atoms. The van der Waals surface area contributed by atoms with Gasteiger partial charge < -0.3 is 15.0 Å². The highest BCUT2D eigenvalue weighted by Crippen LogP contribution is 2.34. The number of carbonyl (C=O) groups excluding carboxylic acids is 3. The second-order valence-corrected chi connectivity index (χ2v) is 9.99. The van der Waals surface area contributed by atoms with Gasteiger partial charge in [0.2, 0.25) is 11.8 Å². The quantitative estimate of drug-likeness (QED) is 0.590. The zero-order chi connectivity index (χ0) is 24.2. The number of sulfone groups is 1. The Hall–Kier alpha value is -3.20. The van der Waals surface area contributed by atoms with Crippen LogP contribution in [0.15, 0.2) is 47.4 Å². The molecule has 176 valence electrons. The van der Waals surface area contributed by atoms with Crippen molar-refractivity contribution in [3.63, 3.8) is 0 Å². The van der Waals surface area contributed by atoms with Crippen LogP contribution in [0.2, 0.25) is 0 Å². The van der Waals surface area contributed by atoms with E-state index in [0.717, 1.165) is 11.3 Å². The summed E-state index contributed by atoms with van der Waals surface area (Å²) in [6.07, 6.45) is 0.725. The van der Waals surface area contributed by atoms with Crippen molar-refractivity contribution < 1.29 is 27.5 Å². The van der Waals surface area contributed by atoms with Gasteiger partial charge in [0.05, 0.1) is 22.8 Å². The van der Waals surface area contributed by atoms with Crippen LogP contribution in [0.3, 0.4) is 0 Å². The first-order valence-corrected chi connectivity index (χ1v) is 12.6. The number of hydrogen-bond donors (Lipinski definition) is 1. The van der Waals surface area contributed by atoms with Crippen molar-refractivity contribution in [1.82, 2.24) is 0 Å². The van der Waals surface area contributed by atoms with E-state index in [1.54, 1.807) is 49.1 Å². The number of nitrogens with zero attached hydrogens (tertiary/aromatic N) is 1. The Kier molecular flexibility index (Phi) is 7.53. The number of nitrogens with one attached hydrogen (secondary N) is 1. The zero-order valence-corrected chi connectivity index (χ0v) is 19.8. The Morgan fingerprint density at radius 3 is 2.58 bits per heavy atom. The van der Waals surface area contributed by atoms with Crippen LogP contribution in [0.5, 0.6) is 0 Å². The molecule has 1 heterocycles. The van der Waals surface area contributed by atoms with Gasteiger partial charge in [-0.3, -0.25) is 9.59 Å². The summed E-state index contributed by atoms with van der Waals surface area (Å²) in [6.45, 7) is 5.67. The Labute approximate surface area is 193 Å². The maximum Gasteiger partial charge on any atom is 0.338 e. The molecule has 0 aromatic heterocycles. The van der Waals surface area contributed by atoms with E-state index in [0.29, 0.717) is 24.1 Å². The van der Waals surface area contributed by atoms with Gasteiger partial charge >= 0.3 is 5.97 Å². The average molecular weight is 473 g/mol. The smallest absolute Gasteiger partial charge is 0.338 e. The lowest BCUT2D eigenvalue weighted by Gasteiger charge is -2.22. The highest BCUT2D eigenvalue weighted by Gasteiger charge is 2.31. The van der Waals surface area contributed by atoms with Crippen LogP contribution < -0.4 is 10.2 Å². The maximum absolute atomic E-state index is 12.8. The van der Waals surface area contributed by atoms with Crippen LogP contribution in [0, 0.1) is 0 Å². The van der Waals surface area contributed by atoms with Crippen LogP contribution >= 0.6 is 0 Å². The molecule has 0 spiro atoms. The predicted octanol–water partition coefficient (Wildman–Crippen LogP) is 3.35. The van der Waals surface area contributed by atoms with Crippen LogP contribution in [-0.2, 0) is 30.6 Å². The summed E-state index contributed by atoms with van der Waals surface area (Å²) >= 11 is 0. The molecule has 1 aliphatic rings. The Balaban J connectivity index is 1.66. The first-order chi connectivity index (χ1) is 15.7. The molecule has 9 heteroatoms. The van der Waals surface area contributed by atoms with Gasteiger partial charge in [0.1, 0.15) is 0 Å². The molecule has 0 radical (unpaired) electrons. The van der Waals surface area contributed by atoms with Crippen molar-refractivity contribution in [2.24, 2.45) is 0 Å². The summed E-state index contributed by atoms with van der Waals surface area (Å²) in [5.41, 5.74) is 2.23. The van der Waals surface area contributed by atoms with Crippen LogP contribution in [0.1, 0.15) is 49.5 Å². The van der Waals surface area contributed by atoms with E-state index in [-0.39, 0.29) is 35.6 Å². The van der Waals surface area contributed by atoms with Crippen LogP contribution in [0.25, 0.3) is 0 Å². The first-order valence-electron chi connectivity index (χ1n) is 10.9. The third-order valence-electron chi connectivity index (χ3n) is 5.45. The fourth-order valence-electron chi connectivity index (χ4n) is 3.86. The second kappa shape index (κ2) is 10.2. The lowest BCUT2D eigenvalue weighted by molar-refractivity contribution is -0.118. The van der Waals surface area contributed by atoms with Gasteiger partial charge in [0, 0.05) is 30.3 Å². The normalized spacial score (nSPS) is 15.1. The molecule has 0 aliphatic carbocycles. The minimum atomic E-state index is -3.70. The highest BCUT2D eigenvalue weighted by molar-refractivity contribution is 7.91. The van der Waals surface area contributed by atoms with E-state index >= 15 is 0 Å². The summed E-state index contributed by atoms with van der Waals surface area (Å²) in [5, 5.41) is 2.62. The summed E-state index contributed by atoms with van der Waals surface area (Å²) in [7, 11) is -3.70. The number of carbonyl (C=O) groups is 3. The molecule has 1 N–H and O–H groups in total. The largest absolute Gasteiger partial charge is 0.462 e. The molecular formula is C24H28N2O6S. The number of amides is 2. The maximum atomic E-state index is 12.8. The number of esters is 1. The third-order valence-corrected chi connectivity index (χ3v) is 7.17. The predicted molar refractivity (Wildman–Crippen MR) is 125 cm³/mol. The summed E-state index contributed by atoms with van der Waals surface area (Å²) < 4.78 is 30.6. The van der Waals surface area contributed by atoms with E-state index in [1.165, 1.54) is 12.1 Å². The topological polar surface area (TPSA) is 110 Å². The Morgan fingerprint density at radius 1 is 1.12 bits per heavy atom. The molecule has 33 heavy (non-hydrogen) atoms. The van der Waals surface area contributed by atoms with E-state index in [9.17, 15) is 22.8 Å². The second-order valence-electron chi connectivity index (χ2n) is 7.88. The number of anilines is 2. The number of benzene rings is 2. The van der Waals surface area contributed by atoms with E-state index < -0.39 is 21.7 Å². The van der Waals surface area contributed by atoms with Gasteiger partial charge in [-0.2, -0.15) is 0 Å². The third kappa shape index (κ3) is 5.60. The van der Waals surface area contributed by atoms with Gasteiger partial charge in [0.15, 0.2) is 9.84 Å². The summed E-state index contributed by atoms with van der Waals surface area (Å²) in [5.74, 6) is -1.33. The van der Waals surface area contributed by atoms with E-state index in [1.807, 2.05) is 6.92 Å². The molecule has 0 saturated carbocycles. The molecule has 0 fully saturated rings. The van der Waals surface area contributed by atoms with Crippen molar-refractivity contribution in [3.05, 3.63) is 53.6 Å².